The van der Waals surface area contributed by atoms with Gasteiger partial charge in [0.2, 0.25) is 0 Å². The third-order valence-corrected chi connectivity index (χ3v) is 13.2. The second-order valence-electron chi connectivity index (χ2n) is 14.5. The summed E-state index contributed by atoms with van der Waals surface area (Å²) in [6.45, 7) is 0.0929. The van der Waals surface area contributed by atoms with Crippen LogP contribution in [0.4, 0.5) is 0 Å². The van der Waals surface area contributed by atoms with Crippen LogP contribution in [0.15, 0.2) is 164 Å². The summed E-state index contributed by atoms with van der Waals surface area (Å²) in [4.78, 5) is 0. The predicted octanol–water partition coefficient (Wildman–Crippen LogP) is 13.8. The monoisotopic (exact) mass is 810 g/mol. The standard InChI is InChI=1S/C50H36O7P2/c1-51-49-20-10-15-36(31-52-58-53-45-25-21-32-11-2-6-16-37(32)41(45)29-42-38-17-7-3-12-33(38)22-26-46(42)54-58)50(49)57-59-55-47-27-23-34-13-4-8-18-39(34)43(47)30-44-40-19-9-5-14-35(40)24-28-48(44)56-59/h2-28H,29-31H2,1H3. The predicted molar refractivity (Wildman–Crippen MR) is 236 cm³/mol. The average molecular weight is 811 g/mol. The molecule has 7 nitrogen and oxygen atoms in total. The SMILES string of the molecule is COc1cccc(COP2Oc3ccc4ccccc4c3Cc3c(ccc4ccccc34)O2)c1OP1Oc2ccc3ccccc3c2Cc2c(ccc3ccccc23)O1. The van der Waals surface area contributed by atoms with E-state index in [1.165, 1.54) is 0 Å². The maximum Gasteiger partial charge on any atom is 0.530 e. The van der Waals surface area contributed by atoms with Crippen LogP contribution in [0.2, 0.25) is 0 Å². The molecule has 0 aromatic heterocycles. The van der Waals surface area contributed by atoms with Gasteiger partial charge in [-0.2, -0.15) is 0 Å². The highest BCUT2D eigenvalue weighted by Crippen LogP contribution is 2.53. The van der Waals surface area contributed by atoms with E-state index in [1.807, 2.05) is 42.5 Å². The van der Waals surface area contributed by atoms with Crippen LogP contribution in [0.25, 0.3) is 43.1 Å². The molecule has 0 saturated heterocycles. The van der Waals surface area contributed by atoms with Gasteiger partial charge < -0.3 is 27.4 Å². The van der Waals surface area contributed by atoms with Gasteiger partial charge in [0.25, 0.3) is 0 Å². The Kier molecular flexibility index (Phi) is 9.16. The molecule has 0 saturated carbocycles. The topological polar surface area (TPSA) is 64.6 Å². The van der Waals surface area contributed by atoms with Gasteiger partial charge in [0, 0.05) is 40.7 Å². The van der Waals surface area contributed by atoms with Gasteiger partial charge in [0.1, 0.15) is 23.0 Å². The van der Waals surface area contributed by atoms with Crippen LogP contribution in [0.5, 0.6) is 34.5 Å². The zero-order valence-electron chi connectivity index (χ0n) is 32.0. The van der Waals surface area contributed by atoms with Crippen LogP contribution in [-0.4, -0.2) is 7.11 Å². The van der Waals surface area contributed by atoms with Crippen molar-refractivity contribution in [2.24, 2.45) is 0 Å². The molecule has 0 fully saturated rings. The van der Waals surface area contributed by atoms with E-state index in [1.54, 1.807) is 7.11 Å². The number of para-hydroxylation sites is 1. The van der Waals surface area contributed by atoms with Crippen molar-refractivity contribution in [1.82, 2.24) is 0 Å². The number of hydrogen-bond donors (Lipinski definition) is 0. The smallest absolute Gasteiger partial charge is 0.493 e. The molecule has 288 valence electrons. The second-order valence-corrected chi connectivity index (χ2v) is 16.6. The Hall–Kier alpha value is -6.36. The first-order valence-corrected chi connectivity index (χ1v) is 21.7. The minimum absolute atomic E-state index is 0.0929. The maximum absolute atomic E-state index is 6.82. The van der Waals surface area contributed by atoms with E-state index in [0.29, 0.717) is 41.4 Å². The first-order chi connectivity index (χ1) is 29.2. The molecule has 2 aliphatic rings. The molecule has 0 aliphatic carbocycles. The molecule has 9 aromatic carbocycles. The van der Waals surface area contributed by atoms with Crippen molar-refractivity contribution in [3.05, 3.63) is 192 Å². The Balaban J connectivity index is 0.957. The van der Waals surface area contributed by atoms with E-state index >= 15 is 0 Å². The van der Waals surface area contributed by atoms with Gasteiger partial charge in [-0.25, -0.2) is 0 Å². The zero-order valence-corrected chi connectivity index (χ0v) is 33.8. The van der Waals surface area contributed by atoms with Crippen molar-refractivity contribution >= 4 is 60.3 Å². The van der Waals surface area contributed by atoms with Crippen molar-refractivity contribution in [3.63, 3.8) is 0 Å². The lowest BCUT2D eigenvalue weighted by Gasteiger charge is -2.27. The molecule has 0 amide bonds. The van der Waals surface area contributed by atoms with Crippen LogP contribution >= 0.6 is 17.2 Å². The lowest BCUT2D eigenvalue weighted by Crippen LogP contribution is -2.11. The van der Waals surface area contributed by atoms with E-state index in [-0.39, 0.29) is 6.61 Å². The quantitative estimate of drug-likeness (QED) is 0.155. The lowest BCUT2D eigenvalue weighted by atomic mass is 9.93. The highest BCUT2D eigenvalue weighted by Gasteiger charge is 2.31. The summed E-state index contributed by atoms with van der Waals surface area (Å²) in [5.74, 6) is 3.84. The van der Waals surface area contributed by atoms with Crippen LogP contribution < -0.4 is 27.4 Å². The molecule has 59 heavy (non-hydrogen) atoms. The van der Waals surface area contributed by atoms with Crippen molar-refractivity contribution in [2.45, 2.75) is 19.4 Å². The fraction of sp³-hybridized carbons (Fsp3) is 0.0800. The first-order valence-electron chi connectivity index (χ1n) is 19.5. The largest absolute Gasteiger partial charge is 0.530 e. The fourth-order valence-corrected chi connectivity index (χ4v) is 10.5. The van der Waals surface area contributed by atoms with Crippen molar-refractivity contribution in [1.29, 1.82) is 0 Å². The number of rotatable bonds is 6. The van der Waals surface area contributed by atoms with Crippen LogP contribution in [0.1, 0.15) is 27.8 Å². The van der Waals surface area contributed by atoms with Crippen molar-refractivity contribution in [3.8, 4) is 34.5 Å². The Morgan fingerprint density at radius 1 is 0.424 bits per heavy atom. The van der Waals surface area contributed by atoms with Gasteiger partial charge in [-0.3, -0.25) is 4.52 Å². The number of fused-ring (bicyclic) bond motifs is 12. The Bertz CT molecular complexity index is 2900. The molecule has 9 heteroatoms. The molecular weight excluding hydrogens is 774 g/mol. The van der Waals surface area contributed by atoms with Gasteiger partial charge in [0.05, 0.1) is 13.7 Å². The molecule has 0 bridgehead atoms. The van der Waals surface area contributed by atoms with E-state index < -0.39 is 17.2 Å². The van der Waals surface area contributed by atoms with Crippen molar-refractivity contribution in [2.75, 3.05) is 7.11 Å². The number of methoxy groups -OCH3 is 1. The lowest BCUT2D eigenvalue weighted by molar-refractivity contribution is 0.250. The molecular formula is C50H36O7P2. The van der Waals surface area contributed by atoms with Gasteiger partial charge >= 0.3 is 17.2 Å². The average Bonchev–Trinajstić information content (AvgIpc) is 3.26. The molecule has 0 N–H and O–H groups in total. The number of ether oxygens (including phenoxy) is 1. The fourth-order valence-electron chi connectivity index (χ4n) is 8.27. The molecule has 2 aliphatic heterocycles. The molecule has 9 aromatic rings. The second kappa shape index (κ2) is 15.1. The molecule has 0 radical (unpaired) electrons. The molecule has 0 atom stereocenters. The Labute approximate surface area is 343 Å². The van der Waals surface area contributed by atoms with E-state index in [2.05, 4.69) is 121 Å². The summed E-state index contributed by atoms with van der Waals surface area (Å²) < 4.78 is 46.1. The summed E-state index contributed by atoms with van der Waals surface area (Å²) in [5.41, 5.74) is 5.05. The van der Waals surface area contributed by atoms with Gasteiger partial charge in [0.15, 0.2) is 11.5 Å². The minimum Gasteiger partial charge on any atom is -0.493 e. The highest BCUT2D eigenvalue weighted by atomic mass is 31.2. The number of benzene rings is 9. The maximum atomic E-state index is 6.82. The Morgan fingerprint density at radius 2 is 0.814 bits per heavy atom. The highest BCUT2D eigenvalue weighted by molar-refractivity contribution is 7.43. The minimum atomic E-state index is -2.04. The molecule has 2 heterocycles. The van der Waals surface area contributed by atoms with Crippen LogP contribution in [-0.2, 0) is 24.0 Å². The molecule has 0 spiro atoms. The summed E-state index contributed by atoms with van der Waals surface area (Å²) in [6.07, 6.45) is 1.28. The van der Waals surface area contributed by atoms with Gasteiger partial charge in [-0.15, -0.1) is 0 Å². The van der Waals surface area contributed by atoms with Crippen LogP contribution in [0, 0.1) is 0 Å². The number of hydrogen-bond acceptors (Lipinski definition) is 7. The first kappa shape index (κ1) is 35.8. The molecule has 11 rings (SSSR count). The summed E-state index contributed by atoms with van der Waals surface area (Å²) in [5, 5.41) is 9.09. The molecule has 0 unspecified atom stereocenters. The zero-order chi connectivity index (χ0) is 39.3. The third kappa shape index (κ3) is 6.62. The summed E-state index contributed by atoms with van der Waals surface area (Å²) in [7, 11) is -2.36. The van der Waals surface area contributed by atoms with E-state index in [9.17, 15) is 0 Å². The van der Waals surface area contributed by atoms with E-state index in [4.69, 9.17) is 31.9 Å². The summed E-state index contributed by atoms with van der Waals surface area (Å²) in [6, 6.07) is 55.7. The van der Waals surface area contributed by atoms with E-state index in [0.717, 1.165) is 76.8 Å². The summed E-state index contributed by atoms with van der Waals surface area (Å²) >= 11 is 0. The van der Waals surface area contributed by atoms with Gasteiger partial charge in [-0.1, -0.05) is 133 Å². The van der Waals surface area contributed by atoms with Crippen LogP contribution in [0.3, 0.4) is 0 Å². The normalized spacial score (nSPS) is 13.9. The van der Waals surface area contributed by atoms with Crippen molar-refractivity contribution < 1.29 is 31.9 Å². The third-order valence-electron chi connectivity index (χ3n) is 11.2. The Morgan fingerprint density at radius 3 is 1.22 bits per heavy atom. The van der Waals surface area contributed by atoms with Gasteiger partial charge in [-0.05, 0) is 73.4 Å².